The first-order valence-electron chi connectivity index (χ1n) is 11.7. The number of hydrogen-bond acceptors (Lipinski definition) is 3. The number of amides is 1. The third kappa shape index (κ3) is 6.06. The number of carbonyl (C=O) groups excluding carboxylic acids is 1. The quantitative estimate of drug-likeness (QED) is 0.278. The van der Waals surface area contributed by atoms with Gasteiger partial charge in [-0.05, 0) is 49.4 Å². The van der Waals surface area contributed by atoms with Crippen molar-refractivity contribution in [2.75, 3.05) is 38.2 Å². The Bertz CT molecular complexity index is 972. The fraction of sp³-hybridized carbons (Fsp3) is 0.462. The molecule has 178 valence electrons. The van der Waals surface area contributed by atoms with Crippen LogP contribution in [0.3, 0.4) is 0 Å². The highest BCUT2D eigenvalue weighted by molar-refractivity contribution is 14.0. The number of halogens is 1. The summed E-state index contributed by atoms with van der Waals surface area (Å²) in [6.45, 7) is 7.95. The average molecular weight is 562 g/mol. The normalized spacial score (nSPS) is 19.6. The molecule has 2 aliphatic heterocycles. The second-order valence-corrected chi connectivity index (χ2v) is 8.82. The van der Waals surface area contributed by atoms with E-state index in [4.69, 9.17) is 9.73 Å². The topological polar surface area (TPSA) is 74.8 Å². The minimum absolute atomic E-state index is 0. The van der Waals surface area contributed by atoms with Crippen LogP contribution in [0.1, 0.15) is 48.8 Å². The Morgan fingerprint density at radius 2 is 1.85 bits per heavy atom. The zero-order chi connectivity index (χ0) is 22.4. The first kappa shape index (κ1) is 25.5. The standard InChI is InChI=1S/C26H34N4O2.HI/c1-3-27-25(28-17-20-16-24(31)30-23-11-7-5-9-21(20)23)29-18-26(12-14-32-15-13-26)22-10-6-4-8-19(22)2;/h4-11,20H,3,12-18H2,1-2H3,(H,30,31)(H2,27,28,29);1H. The number of benzene rings is 2. The fourth-order valence-corrected chi connectivity index (χ4v) is 4.92. The largest absolute Gasteiger partial charge is 0.381 e. The number of carbonyl (C=O) groups is 1. The number of para-hydroxylation sites is 1. The molecule has 0 aliphatic carbocycles. The van der Waals surface area contributed by atoms with E-state index in [0.717, 1.165) is 44.2 Å². The molecule has 3 N–H and O–H groups in total. The Labute approximate surface area is 214 Å². The van der Waals surface area contributed by atoms with Crippen molar-refractivity contribution in [3.63, 3.8) is 0 Å². The number of aryl methyl sites for hydroxylation is 1. The lowest BCUT2D eigenvalue weighted by Gasteiger charge is -2.37. The van der Waals surface area contributed by atoms with Gasteiger partial charge in [-0.2, -0.15) is 0 Å². The van der Waals surface area contributed by atoms with Crippen LogP contribution in [0.15, 0.2) is 53.5 Å². The van der Waals surface area contributed by atoms with E-state index in [2.05, 4.69) is 60.1 Å². The summed E-state index contributed by atoms with van der Waals surface area (Å²) in [6.07, 6.45) is 2.42. The van der Waals surface area contributed by atoms with Gasteiger partial charge in [0.15, 0.2) is 5.96 Å². The summed E-state index contributed by atoms with van der Waals surface area (Å²) >= 11 is 0. The van der Waals surface area contributed by atoms with Crippen LogP contribution in [0.2, 0.25) is 0 Å². The summed E-state index contributed by atoms with van der Waals surface area (Å²) in [7, 11) is 0. The summed E-state index contributed by atoms with van der Waals surface area (Å²) in [5, 5.41) is 9.86. The second kappa shape index (κ2) is 11.8. The fourth-order valence-electron chi connectivity index (χ4n) is 4.92. The highest BCUT2D eigenvalue weighted by Crippen LogP contribution is 2.37. The summed E-state index contributed by atoms with van der Waals surface area (Å²) in [5.41, 5.74) is 4.77. The zero-order valence-corrected chi connectivity index (χ0v) is 21.9. The highest BCUT2D eigenvalue weighted by atomic mass is 127. The highest BCUT2D eigenvalue weighted by Gasteiger charge is 2.35. The van der Waals surface area contributed by atoms with Gasteiger partial charge in [-0.1, -0.05) is 42.5 Å². The number of nitrogens with zero attached hydrogens (tertiary/aromatic N) is 1. The average Bonchev–Trinajstić information content (AvgIpc) is 2.81. The SMILES string of the molecule is CCNC(=NCC1(c2ccccc2C)CCOCC1)NCC1CC(=O)Nc2ccccc21.I. The molecule has 1 atom stereocenters. The van der Waals surface area contributed by atoms with Gasteiger partial charge in [-0.15, -0.1) is 24.0 Å². The molecule has 2 aromatic carbocycles. The molecule has 0 saturated carbocycles. The van der Waals surface area contributed by atoms with E-state index in [1.807, 2.05) is 18.2 Å². The number of anilines is 1. The molecule has 0 aromatic heterocycles. The van der Waals surface area contributed by atoms with Crippen LogP contribution >= 0.6 is 24.0 Å². The summed E-state index contributed by atoms with van der Waals surface area (Å²) in [6, 6.07) is 16.7. The Morgan fingerprint density at radius 1 is 1.12 bits per heavy atom. The second-order valence-electron chi connectivity index (χ2n) is 8.82. The van der Waals surface area contributed by atoms with Gasteiger partial charge in [-0.3, -0.25) is 9.79 Å². The van der Waals surface area contributed by atoms with Gasteiger partial charge >= 0.3 is 0 Å². The van der Waals surface area contributed by atoms with Crippen LogP contribution in [-0.2, 0) is 14.9 Å². The lowest BCUT2D eigenvalue weighted by molar-refractivity contribution is -0.116. The van der Waals surface area contributed by atoms with E-state index in [0.29, 0.717) is 19.5 Å². The number of rotatable bonds is 6. The molecule has 1 fully saturated rings. The van der Waals surface area contributed by atoms with E-state index >= 15 is 0 Å². The van der Waals surface area contributed by atoms with Crippen molar-refractivity contribution in [1.29, 1.82) is 0 Å². The molecule has 4 rings (SSSR count). The summed E-state index contributed by atoms with van der Waals surface area (Å²) < 4.78 is 5.69. The molecule has 7 heteroatoms. The minimum atomic E-state index is -0.0106. The number of guanidine groups is 1. The van der Waals surface area contributed by atoms with Crippen molar-refractivity contribution in [2.24, 2.45) is 4.99 Å². The van der Waals surface area contributed by atoms with Gasteiger partial charge in [0, 0.05) is 49.7 Å². The molecule has 1 saturated heterocycles. The van der Waals surface area contributed by atoms with Gasteiger partial charge in [0.25, 0.3) is 0 Å². The van der Waals surface area contributed by atoms with Crippen molar-refractivity contribution < 1.29 is 9.53 Å². The molecule has 2 aromatic rings. The first-order chi connectivity index (χ1) is 15.6. The van der Waals surface area contributed by atoms with Crippen LogP contribution in [-0.4, -0.2) is 44.7 Å². The van der Waals surface area contributed by atoms with Crippen molar-refractivity contribution in [3.05, 3.63) is 65.2 Å². The predicted molar refractivity (Wildman–Crippen MR) is 145 cm³/mol. The van der Waals surface area contributed by atoms with Crippen LogP contribution in [0.25, 0.3) is 0 Å². The van der Waals surface area contributed by atoms with Crippen LogP contribution in [0, 0.1) is 6.92 Å². The number of fused-ring (bicyclic) bond motifs is 1. The maximum atomic E-state index is 12.2. The summed E-state index contributed by atoms with van der Waals surface area (Å²) in [5.74, 6) is 0.991. The van der Waals surface area contributed by atoms with E-state index in [1.54, 1.807) is 0 Å². The Hall–Kier alpha value is -2.13. The number of hydrogen-bond donors (Lipinski definition) is 3. The van der Waals surface area contributed by atoms with E-state index in [9.17, 15) is 4.79 Å². The van der Waals surface area contributed by atoms with Crippen LogP contribution in [0.4, 0.5) is 5.69 Å². The molecular formula is C26H35IN4O2. The Morgan fingerprint density at radius 3 is 2.61 bits per heavy atom. The third-order valence-electron chi connectivity index (χ3n) is 6.67. The van der Waals surface area contributed by atoms with Gasteiger partial charge in [0.1, 0.15) is 0 Å². The monoisotopic (exact) mass is 562 g/mol. The lowest BCUT2D eigenvalue weighted by atomic mass is 9.72. The van der Waals surface area contributed by atoms with Crippen molar-refractivity contribution in [1.82, 2.24) is 10.6 Å². The molecular weight excluding hydrogens is 527 g/mol. The van der Waals surface area contributed by atoms with Crippen molar-refractivity contribution in [3.8, 4) is 0 Å². The van der Waals surface area contributed by atoms with Gasteiger partial charge in [0.2, 0.25) is 5.91 Å². The molecule has 0 bridgehead atoms. The smallest absolute Gasteiger partial charge is 0.225 e. The third-order valence-corrected chi connectivity index (χ3v) is 6.67. The van der Waals surface area contributed by atoms with Crippen molar-refractivity contribution in [2.45, 2.75) is 44.4 Å². The Balaban J connectivity index is 0.00000306. The van der Waals surface area contributed by atoms with Gasteiger partial charge in [-0.25, -0.2) is 0 Å². The van der Waals surface area contributed by atoms with E-state index in [-0.39, 0.29) is 41.2 Å². The molecule has 2 aliphatic rings. The van der Waals surface area contributed by atoms with Gasteiger partial charge in [0.05, 0.1) is 6.54 Å². The molecule has 33 heavy (non-hydrogen) atoms. The summed E-state index contributed by atoms with van der Waals surface area (Å²) in [4.78, 5) is 17.2. The maximum Gasteiger partial charge on any atom is 0.225 e. The van der Waals surface area contributed by atoms with E-state index in [1.165, 1.54) is 16.7 Å². The lowest BCUT2D eigenvalue weighted by Crippen LogP contribution is -2.43. The van der Waals surface area contributed by atoms with E-state index < -0.39 is 0 Å². The van der Waals surface area contributed by atoms with Crippen molar-refractivity contribution >= 4 is 41.5 Å². The van der Waals surface area contributed by atoms with Crippen LogP contribution in [0.5, 0.6) is 0 Å². The molecule has 2 heterocycles. The predicted octanol–water partition coefficient (Wildman–Crippen LogP) is 4.34. The molecule has 6 nitrogen and oxygen atoms in total. The minimum Gasteiger partial charge on any atom is -0.381 e. The number of ether oxygens (including phenoxy) is 1. The molecule has 1 unspecified atom stereocenters. The van der Waals surface area contributed by atoms with Gasteiger partial charge < -0.3 is 20.7 Å². The molecule has 0 radical (unpaired) electrons. The zero-order valence-electron chi connectivity index (χ0n) is 19.5. The Kier molecular flexibility index (Phi) is 9.14. The molecule has 1 amide bonds. The number of nitrogens with one attached hydrogen (secondary N) is 3. The maximum absolute atomic E-state index is 12.2. The van der Waals surface area contributed by atoms with Crippen LogP contribution < -0.4 is 16.0 Å². The molecule has 0 spiro atoms. The number of aliphatic imine (C=N–C) groups is 1. The first-order valence-corrected chi connectivity index (χ1v) is 11.7.